The fourth-order valence-electron chi connectivity index (χ4n) is 7.27. The lowest BCUT2D eigenvalue weighted by molar-refractivity contribution is -0.137. The van der Waals surface area contributed by atoms with Crippen molar-refractivity contribution in [3.8, 4) is 17.3 Å². The second-order valence-electron chi connectivity index (χ2n) is 14.3. The van der Waals surface area contributed by atoms with E-state index in [0.29, 0.717) is 62.3 Å². The van der Waals surface area contributed by atoms with E-state index in [1.165, 1.54) is 24.1 Å². The zero-order valence-corrected chi connectivity index (χ0v) is 31.7. The molecule has 3 amide bonds. The maximum absolute atomic E-state index is 13.6. The van der Waals surface area contributed by atoms with Gasteiger partial charge >= 0.3 is 12.2 Å². The number of carbonyl (C=O) groups is 3. The number of alkyl halides is 3. The smallest absolute Gasteiger partial charge is 0.416 e. The molecule has 2 aromatic heterocycles. The first kappa shape index (κ1) is 38.9. The SMILES string of the molecule is COc1nccc(N(C)c2ccc(C)c(-c3cn(C4CCN(C(=O)c5cccc(C(=O)NC6CCCN(Cc7cccc(C(F)(F)F)c7)C6=O)c5)CC4)nn3)c2)n1. The number of anilines is 2. The molecule has 2 aliphatic heterocycles. The van der Waals surface area contributed by atoms with Gasteiger partial charge in [-0.1, -0.05) is 29.5 Å². The van der Waals surface area contributed by atoms with Crippen LogP contribution in [-0.2, 0) is 17.5 Å². The summed E-state index contributed by atoms with van der Waals surface area (Å²) < 4.78 is 46.7. The molecule has 2 fully saturated rings. The number of rotatable bonds is 10. The van der Waals surface area contributed by atoms with Gasteiger partial charge in [-0.05, 0) is 92.3 Å². The Morgan fingerprint density at radius 1 is 0.965 bits per heavy atom. The van der Waals surface area contributed by atoms with E-state index in [9.17, 15) is 27.6 Å². The van der Waals surface area contributed by atoms with Gasteiger partial charge in [0.2, 0.25) is 5.91 Å². The minimum absolute atomic E-state index is 0.00150. The number of ether oxygens (including phenoxy) is 1. The summed E-state index contributed by atoms with van der Waals surface area (Å²) in [5, 5.41) is 11.7. The molecule has 16 heteroatoms. The second kappa shape index (κ2) is 16.4. The number of nitrogens with one attached hydrogen (secondary N) is 1. The van der Waals surface area contributed by atoms with Crippen LogP contribution in [0.2, 0.25) is 0 Å². The van der Waals surface area contributed by atoms with E-state index >= 15 is 0 Å². The Hall–Kier alpha value is -6.32. The van der Waals surface area contributed by atoms with Crippen molar-refractivity contribution in [2.45, 2.75) is 57.4 Å². The summed E-state index contributed by atoms with van der Waals surface area (Å²) >= 11 is 0. The number of carbonyl (C=O) groups excluding carboxylic acids is 3. The van der Waals surface area contributed by atoms with Crippen LogP contribution in [0, 0.1) is 6.92 Å². The number of likely N-dealkylation sites (tertiary alicyclic amines) is 2. The van der Waals surface area contributed by atoms with Gasteiger partial charge in [-0.25, -0.2) is 9.67 Å². The number of halogens is 3. The Morgan fingerprint density at radius 3 is 2.51 bits per heavy atom. The van der Waals surface area contributed by atoms with Crippen molar-refractivity contribution in [3.05, 3.63) is 113 Å². The van der Waals surface area contributed by atoms with E-state index in [1.807, 2.05) is 47.9 Å². The van der Waals surface area contributed by atoms with E-state index in [4.69, 9.17) is 4.74 Å². The summed E-state index contributed by atoms with van der Waals surface area (Å²) in [6, 6.07) is 18.6. The van der Waals surface area contributed by atoms with Crippen LogP contribution in [0.1, 0.15) is 69.1 Å². The first-order valence-corrected chi connectivity index (χ1v) is 18.7. The van der Waals surface area contributed by atoms with Crippen molar-refractivity contribution in [3.63, 3.8) is 0 Å². The van der Waals surface area contributed by atoms with Crippen molar-refractivity contribution in [1.82, 2.24) is 40.1 Å². The zero-order valence-electron chi connectivity index (χ0n) is 31.7. The van der Waals surface area contributed by atoms with Crippen molar-refractivity contribution in [2.75, 3.05) is 38.7 Å². The fraction of sp³-hybridized carbons (Fsp3) is 0.341. The van der Waals surface area contributed by atoms with Gasteiger partial charge in [0, 0.05) is 61.8 Å². The van der Waals surface area contributed by atoms with Gasteiger partial charge in [0.25, 0.3) is 11.8 Å². The number of piperidine rings is 2. The van der Waals surface area contributed by atoms with Crippen molar-refractivity contribution < 1.29 is 32.3 Å². The van der Waals surface area contributed by atoms with Gasteiger partial charge in [0.1, 0.15) is 17.6 Å². The largest absolute Gasteiger partial charge is 0.467 e. The van der Waals surface area contributed by atoms with Gasteiger partial charge in [-0.2, -0.15) is 18.2 Å². The van der Waals surface area contributed by atoms with Crippen LogP contribution < -0.4 is 15.0 Å². The minimum Gasteiger partial charge on any atom is -0.467 e. The number of aryl methyl sites for hydroxylation is 1. The molecule has 296 valence electrons. The number of aromatic nitrogens is 5. The van der Waals surface area contributed by atoms with Gasteiger partial charge in [-0.15, -0.1) is 5.10 Å². The molecule has 13 nitrogen and oxygen atoms in total. The second-order valence-corrected chi connectivity index (χ2v) is 14.3. The Balaban J connectivity index is 0.948. The third-order valence-corrected chi connectivity index (χ3v) is 10.5. The van der Waals surface area contributed by atoms with E-state index in [1.54, 1.807) is 41.4 Å². The van der Waals surface area contributed by atoms with Crippen molar-refractivity contribution in [2.24, 2.45) is 0 Å². The van der Waals surface area contributed by atoms with Crippen LogP contribution in [-0.4, -0.2) is 92.3 Å². The van der Waals surface area contributed by atoms with Gasteiger partial charge in [-0.3, -0.25) is 14.4 Å². The first-order valence-electron chi connectivity index (χ1n) is 18.7. The fourth-order valence-corrected chi connectivity index (χ4v) is 7.27. The van der Waals surface area contributed by atoms with Crippen LogP contribution in [0.4, 0.5) is 24.7 Å². The standard InChI is InChI=1S/C41H42F3N9O4/c1-26-12-13-32(50(2)36-14-17-45-40(47-36)57-3)23-33(26)35-25-53(49-48-35)31-15-19-51(20-16-31)38(55)29-9-5-8-28(22-29)37(54)46-34-11-6-18-52(39(34)56)24-27-7-4-10-30(21-27)41(42,43)44/h4-5,7-10,12-14,17,21-23,25,31,34H,6,11,15-16,18-20,24H2,1-3H3,(H,46,54). The van der Waals surface area contributed by atoms with Gasteiger partial charge < -0.3 is 24.8 Å². The molecule has 0 radical (unpaired) electrons. The zero-order chi connectivity index (χ0) is 40.3. The lowest BCUT2D eigenvalue weighted by Gasteiger charge is -2.33. The Labute approximate surface area is 327 Å². The van der Waals surface area contributed by atoms with Crippen LogP contribution >= 0.6 is 0 Å². The van der Waals surface area contributed by atoms with Crippen molar-refractivity contribution in [1.29, 1.82) is 0 Å². The molecule has 0 saturated carbocycles. The molecular formula is C41H42F3N9O4. The van der Waals surface area contributed by atoms with Crippen LogP contribution in [0.15, 0.2) is 85.2 Å². The lowest BCUT2D eigenvalue weighted by Crippen LogP contribution is -2.51. The summed E-state index contributed by atoms with van der Waals surface area (Å²) in [6.45, 7) is 3.35. The maximum atomic E-state index is 13.6. The van der Waals surface area contributed by atoms with Crippen LogP contribution in [0.25, 0.3) is 11.3 Å². The number of hydrogen-bond donors (Lipinski definition) is 1. The molecule has 0 bridgehead atoms. The van der Waals surface area contributed by atoms with E-state index in [2.05, 4.69) is 25.6 Å². The van der Waals surface area contributed by atoms with Gasteiger partial charge in [0.15, 0.2) is 0 Å². The number of hydrogen-bond acceptors (Lipinski definition) is 9. The third kappa shape index (κ3) is 8.74. The quantitative estimate of drug-likeness (QED) is 0.175. The number of benzene rings is 3. The predicted octanol–water partition coefficient (Wildman–Crippen LogP) is 6.24. The average molecular weight is 782 g/mol. The summed E-state index contributed by atoms with van der Waals surface area (Å²) in [4.78, 5) is 53.9. The van der Waals surface area contributed by atoms with E-state index in [0.717, 1.165) is 34.6 Å². The molecule has 0 aliphatic carbocycles. The molecule has 1 atom stereocenters. The highest BCUT2D eigenvalue weighted by Crippen LogP contribution is 2.32. The third-order valence-electron chi connectivity index (χ3n) is 10.5. The van der Waals surface area contributed by atoms with E-state index in [-0.39, 0.29) is 36.0 Å². The average Bonchev–Trinajstić information content (AvgIpc) is 3.72. The highest BCUT2D eigenvalue weighted by atomic mass is 19.4. The molecule has 1 unspecified atom stereocenters. The summed E-state index contributed by atoms with van der Waals surface area (Å²) in [5.74, 6) is -0.401. The molecule has 4 heterocycles. The monoisotopic (exact) mass is 781 g/mol. The lowest BCUT2D eigenvalue weighted by atomic mass is 10.0. The molecule has 2 aliphatic rings. The van der Waals surface area contributed by atoms with Crippen molar-refractivity contribution >= 4 is 29.2 Å². The molecular weight excluding hydrogens is 740 g/mol. The summed E-state index contributed by atoms with van der Waals surface area (Å²) in [7, 11) is 3.44. The minimum atomic E-state index is -4.49. The topological polar surface area (TPSA) is 139 Å². The normalized spacial score (nSPS) is 16.4. The predicted molar refractivity (Wildman–Crippen MR) is 205 cm³/mol. The van der Waals surface area contributed by atoms with Crippen LogP contribution in [0.5, 0.6) is 6.01 Å². The molecule has 7 rings (SSSR count). The Kier molecular flexibility index (Phi) is 11.2. The molecule has 0 spiro atoms. The summed E-state index contributed by atoms with van der Waals surface area (Å²) in [5.41, 5.74) is 3.77. The first-order chi connectivity index (χ1) is 27.4. The van der Waals surface area contributed by atoms with Crippen LogP contribution in [0.3, 0.4) is 0 Å². The summed E-state index contributed by atoms with van der Waals surface area (Å²) in [6.07, 6.45) is 1.38. The van der Waals surface area contributed by atoms with E-state index < -0.39 is 23.7 Å². The van der Waals surface area contributed by atoms with Gasteiger partial charge in [0.05, 0.1) is 24.9 Å². The number of nitrogens with zero attached hydrogens (tertiary/aromatic N) is 8. The highest BCUT2D eigenvalue weighted by Gasteiger charge is 2.33. The highest BCUT2D eigenvalue weighted by molar-refractivity contribution is 6.01. The maximum Gasteiger partial charge on any atom is 0.416 e. The molecule has 57 heavy (non-hydrogen) atoms. The molecule has 1 N–H and O–H groups in total. The Bertz CT molecular complexity index is 2270. The molecule has 5 aromatic rings. The number of methoxy groups -OCH3 is 1. The number of amides is 3. The molecule has 2 saturated heterocycles. The molecule has 3 aromatic carbocycles. The Morgan fingerprint density at radius 2 is 1.74 bits per heavy atom.